The van der Waals surface area contributed by atoms with Gasteiger partial charge in [-0.3, -0.25) is 0 Å². The van der Waals surface area contributed by atoms with Gasteiger partial charge in [0.05, 0.1) is 6.20 Å². The number of hydrogen-bond donors (Lipinski definition) is 1. The van der Waals surface area contributed by atoms with Crippen LogP contribution >= 0.6 is 0 Å². The summed E-state index contributed by atoms with van der Waals surface area (Å²) in [7, 11) is 0. The fourth-order valence-electron chi connectivity index (χ4n) is 2.07. The molecule has 3 aromatic rings. The second kappa shape index (κ2) is 5.88. The Bertz CT molecular complexity index is 836. The number of carbonyl (C=O) groups excluding carboxylic acids is 1. The van der Waals surface area contributed by atoms with E-state index < -0.39 is 5.97 Å². The molecule has 0 aliphatic heterocycles. The first-order valence-electron chi connectivity index (χ1n) is 6.79. The Morgan fingerprint density at radius 3 is 2.61 bits per heavy atom. The van der Waals surface area contributed by atoms with Gasteiger partial charge in [-0.25, -0.2) is 19.7 Å². The number of oxazole rings is 1. The summed E-state index contributed by atoms with van der Waals surface area (Å²) in [6.07, 6.45) is 4.02. The average molecular weight is 311 g/mol. The number of esters is 1. The van der Waals surface area contributed by atoms with Crippen molar-refractivity contribution in [1.82, 2.24) is 15.0 Å². The molecule has 116 valence electrons. The Morgan fingerprint density at radius 2 is 1.96 bits per heavy atom. The molecule has 0 atom stereocenters. The van der Waals surface area contributed by atoms with Crippen molar-refractivity contribution in [1.29, 1.82) is 0 Å². The summed E-state index contributed by atoms with van der Waals surface area (Å²) >= 11 is 0. The Labute approximate surface area is 131 Å². The summed E-state index contributed by atoms with van der Waals surface area (Å²) < 4.78 is 10.5. The maximum Gasteiger partial charge on any atom is 0.382 e. The Balaban J connectivity index is 1.84. The molecular weight excluding hydrogens is 298 g/mol. The predicted molar refractivity (Wildman–Crippen MR) is 80.1 cm³/mol. The molecule has 0 saturated carbocycles. The van der Waals surface area contributed by atoms with Gasteiger partial charge in [0.1, 0.15) is 12.1 Å². The van der Waals surface area contributed by atoms with Gasteiger partial charge in [-0.1, -0.05) is 0 Å². The Morgan fingerprint density at radius 1 is 1.22 bits per heavy atom. The van der Waals surface area contributed by atoms with Crippen molar-refractivity contribution < 1.29 is 19.1 Å². The highest BCUT2D eigenvalue weighted by molar-refractivity contribution is 5.88. The molecule has 0 fully saturated rings. The van der Waals surface area contributed by atoms with Gasteiger partial charge in [0, 0.05) is 17.8 Å². The molecule has 0 spiro atoms. The largest absolute Gasteiger partial charge is 0.507 e. The summed E-state index contributed by atoms with van der Waals surface area (Å²) in [4.78, 5) is 23.6. The number of nitrogens with zero attached hydrogens (tertiary/aromatic N) is 3. The summed E-state index contributed by atoms with van der Waals surface area (Å²) in [6.45, 7) is 3.55. The smallest absolute Gasteiger partial charge is 0.382 e. The molecular formula is C16H13N3O4. The molecule has 0 unspecified atom stereocenters. The van der Waals surface area contributed by atoms with Gasteiger partial charge in [0.15, 0.2) is 0 Å². The molecule has 23 heavy (non-hydrogen) atoms. The first-order valence-corrected chi connectivity index (χ1v) is 6.79. The normalized spacial score (nSPS) is 10.5. The van der Waals surface area contributed by atoms with Crippen LogP contribution in [0.2, 0.25) is 0 Å². The summed E-state index contributed by atoms with van der Waals surface area (Å²) in [6, 6.07) is 4.92. The van der Waals surface area contributed by atoms with Crippen molar-refractivity contribution in [2.45, 2.75) is 13.8 Å². The quantitative estimate of drug-likeness (QED) is 0.742. The van der Waals surface area contributed by atoms with Gasteiger partial charge < -0.3 is 14.3 Å². The number of phenols is 1. The van der Waals surface area contributed by atoms with Crippen LogP contribution in [0, 0.1) is 13.8 Å². The van der Waals surface area contributed by atoms with E-state index in [9.17, 15) is 9.90 Å². The topological polar surface area (TPSA) is 98.3 Å². The van der Waals surface area contributed by atoms with Crippen LogP contribution in [-0.2, 0) is 0 Å². The lowest BCUT2D eigenvalue weighted by Crippen LogP contribution is -2.08. The number of aromatic hydroxyl groups is 1. The van der Waals surface area contributed by atoms with E-state index in [-0.39, 0.29) is 23.3 Å². The van der Waals surface area contributed by atoms with Crippen molar-refractivity contribution >= 4 is 5.97 Å². The van der Waals surface area contributed by atoms with Crippen LogP contribution in [0.1, 0.15) is 21.7 Å². The Kier molecular flexibility index (Phi) is 3.76. The van der Waals surface area contributed by atoms with Crippen LogP contribution in [-0.4, -0.2) is 26.0 Å². The first-order chi connectivity index (χ1) is 11.0. The minimum Gasteiger partial charge on any atom is -0.507 e. The number of benzene rings is 1. The minimum absolute atomic E-state index is 0.0398. The van der Waals surface area contributed by atoms with E-state index in [1.807, 2.05) is 0 Å². The zero-order valence-electron chi connectivity index (χ0n) is 12.5. The number of aryl methyl sites for hydroxylation is 2. The van der Waals surface area contributed by atoms with Gasteiger partial charge in [-0.05, 0) is 37.1 Å². The average Bonchev–Trinajstić information content (AvgIpc) is 3.03. The number of aromatic nitrogens is 3. The second-order valence-corrected chi connectivity index (χ2v) is 4.93. The van der Waals surface area contributed by atoms with E-state index in [0.29, 0.717) is 16.7 Å². The molecule has 7 heteroatoms. The van der Waals surface area contributed by atoms with E-state index in [1.54, 1.807) is 26.0 Å². The van der Waals surface area contributed by atoms with Gasteiger partial charge >= 0.3 is 5.97 Å². The summed E-state index contributed by atoms with van der Waals surface area (Å²) in [5.41, 5.74) is 2.06. The third-order valence-electron chi connectivity index (χ3n) is 3.20. The minimum atomic E-state index is -0.699. The Hall–Kier alpha value is -3.22. The molecule has 2 heterocycles. The van der Waals surface area contributed by atoms with Crippen LogP contribution in [0.3, 0.4) is 0 Å². The number of rotatable bonds is 3. The molecule has 3 rings (SSSR count). The molecule has 7 nitrogen and oxygen atoms in total. The zero-order valence-corrected chi connectivity index (χ0v) is 12.5. The highest BCUT2D eigenvalue weighted by atomic mass is 16.6. The highest BCUT2D eigenvalue weighted by Crippen LogP contribution is 2.29. The van der Waals surface area contributed by atoms with Crippen LogP contribution < -0.4 is 4.74 Å². The highest BCUT2D eigenvalue weighted by Gasteiger charge is 2.17. The molecule has 2 aromatic heterocycles. The van der Waals surface area contributed by atoms with Crippen molar-refractivity contribution in [2.24, 2.45) is 0 Å². The lowest BCUT2D eigenvalue weighted by molar-refractivity contribution is 0.0695. The predicted octanol–water partition coefficient (Wildman–Crippen LogP) is 2.67. The lowest BCUT2D eigenvalue weighted by atomic mass is 10.1. The van der Waals surface area contributed by atoms with E-state index in [1.165, 1.54) is 24.8 Å². The maximum absolute atomic E-state index is 12.0. The van der Waals surface area contributed by atoms with E-state index in [4.69, 9.17) is 9.15 Å². The molecule has 0 radical (unpaired) electrons. The number of hydrogen-bond acceptors (Lipinski definition) is 7. The van der Waals surface area contributed by atoms with Gasteiger partial charge in [0.25, 0.3) is 0 Å². The second-order valence-electron chi connectivity index (χ2n) is 4.93. The molecule has 0 bridgehead atoms. The third kappa shape index (κ3) is 3.03. The van der Waals surface area contributed by atoms with Crippen LogP contribution in [0.5, 0.6) is 11.6 Å². The molecule has 0 saturated heterocycles. The number of ether oxygens (including phenoxy) is 1. The molecule has 1 N–H and O–H groups in total. The van der Waals surface area contributed by atoms with Crippen molar-refractivity contribution in [3.05, 3.63) is 53.8 Å². The SMILES string of the molecule is Cc1cc(-c2ncc(C(=O)Oc3ccncn3)o2)cc(C)c1O. The first kappa shape index (κ1) is 14.7. The molecule has 0 amide bonds. The van der Waals surface area contributed by atoms with Gasteiger partial charge in [-0.15, -0.1) is 0 Å². The van der Waals surface area contributed by atoms with Crippen LogP contribution in [0.15, 0.2) is 41.3 Å². The lowest BCUT2D eigenvalue weighted by Gasteiger charge is -2.05. The fraction of sp³-hybridized carbons (Fsp3) is 0.125. The monoisotopic (exact) mass is 311 g/mol. The molecule has 0 aliphatic carbocycles. The number of phenolic OH excluding ortho intramolecular Hbond substituents is 1. The maximum atomic E-state index is 12.0. The van der Waals surface area contributed by atoms with Gasteiger partial charge in [-0.2, -0.15) is 0 Å². The van der Waals surface area contributed by atoms with Crippen molar-refractivity contribution in [3.8, 4) is 23.1 Å². The fourth-order valence-corrected chi connectivity index (χ4v) is 2.07. The number of carbonyl (C=O) groups is 1. The summed E-state index contributed by atoms with van der Waals surface area (Å²) in [5, 5.41) is 9.80. The van der Waals surface area contributed by atoms with E-state index in [0.717, 1.165) is 0 Å². The van der Waals surface area contributed by atoms with E-state index in [2.05, 4.69) is 15.0 Å². The standard InChI is InChI=1S/C16H13N3O4/c1-9-5-11(6-10(2)14(9)20)15-18-7-12(22-15)16(21)23-13-3-4-17-8-19-13/h3-8,20H,1-2H3. The third-order valence-corrected chi connectivity index (χ3v) is 3.20. The van der Waals surface area contributed by atoms with Gasteiger partial charge in [0.2, 0.25) is 17.5 Å². The van der Waals surface area contributed by atoms with Crippen LogP contribution in [0.4, 0.5) is 0 Å². The molecule has 0 aliphatic rings. The van der Waals surface area contributed by atoms with Crippen LogP contribution in [0.25, 0.3) is 11.5 Å². The zero-order chi connectivity index (χ0) is 16.4. The van der Waals surface area contributed by atoms with E-state index >= 15 is 0 Å². The van der Waals surface area contributed by atoms with Crippen molar-refractivity contribution in [2.75, 3.05) is 0 Å². The summed E-state index contributed by atoms with van der Waals surface area (Å²) in [5.74, 6) is -0.120. The van der Waals surface area contributed by atoms with Crippen molar-refractivity contribution in [3.63, 3.8) is 0 Å². The molecule has 1 aromatic carbocycles.